The zero-order valence-electron chi connectivity index (χ0n) is 12.4. The topological polar surface area (TPSA) is 38.3 Å². The molecular formula is C15H22FNO2S. The Bertz CT molecular complexity index is 428. The number of ether oxygens (including phenoxy) is 1. The van der Waals surface area contributed by atoms with Crippen molar-refractivity contribution >= 4 is 17.9 Å². The first-order valence-electron chi connectivity index (χ1n) is 6.53. The highest BCUT2D eigenvalue weighted by atomic mass is 32.2. The summed E-state index contributed by atoms with van der Waals surface area (Å²) in [5.74, 6) is 0.520. The average molecular weight is 299 g/mol. The fourth-order valence-electron chi connectivity index (χ4n) is 1.73. The van der Waals surface area contributed by atoms with Crippen LogP contribution in [-0.2, 0) is 11.2 Å². The van der Waals surface area contributed by atoms with Crippen molar-refractivity contribution in [1.29, 1.82) is 0 Å². The van der Waals surface area contributed by atoms with Crippen molar-refractivity contribution in [2.45, 2.75) is 38.8 Å². The summed E-state index contributed by atoms with van der Waals surface area (Å²) in [6.45, 7) is 5.49. The number of thioether (sulfide) groups is 1. The van der Waals surface area contributed by atoms with E-state index in [2.05, 4.69) is 5.32 Å². The van der Waals surface area contributed by atoms with Crippen molar-refractivity contribution in [1.82, 2.24) is 5.32 Å². The first-order chi connectivity index (χ1) is 9.30. The maximum atomic E-state index is 12.9. The molecule has 0 radical (unpaired) electrons. The van der Waals surface area contributed by atoms with Crippen molar-refractivity contribution < 1.29 is 13.9 Å². The summed E-state index contributed by atoms with van der Waals surface area (Å²) >= 11 is 1.65. The Kier molecular flexibility index (Phi) is 6.33. The number of alkyl carbamates (subject to hydrolysis) is 1. The zero-order chi connectivity index (χ0) is 15.2. The molecule has 0 aliphatic rings. The SMILES string of the molecule is CSC[C@H](Cc1ccc(F)cc1)NC(=O)OC(C)(C)C. The Balaban J connectivity index is 2.60. The number of hydrogen-bond donors (Lipinski definition) is 1. The third kappa shape index (κ3) is 6.80. The van der Waals surface area contributed by atoms with Crippen LogP contribution in [0, 0.1) is 5.82 Å². The van der Waals surface area contributed by atoms with Crippen LogP contribution < -0.4 is 5.32 Å². The van der Waals surface area contributed by atoms with E-state index in [1.54, 1.807) is 23.9 Å². The normalized spacial score (nSPS) is 12.8. The highest BCUT2D eigenvalue weighted by Crippen LogP contribution is 2.11. The van der Waals surface area contributed by atoms with E-state index < -0.39 is 11.7 Å². The lowest BCUT2D eigenvalue weighted by Gasteiger charge is -2.23. The van der Waals surface area contributed by atoms with Crippen molar-refractivity contribution in [3.63, 3.8) is 0 Å². The van der Waals surface area contributed by atoms with Gasteiger partial charge in [0.05, 0.1) is 0 Å². The fourth-order valence-corrected chi connectivity index (χ4v) is 2.34. The van der Waals surface area contributed by atoms with E-state index in [1.807, 2.05) is 27.0 Å². The number of rotatable bonds is 5. The Morgan fingerprint density at radius 3 is 2.45 bits per heavy atom. The lowest BCUT2D eigenvalue weighted by Crippen LogP contribution is -2.41. The number of hydrogen-bond acceptors (Lipinski definition) is 3. The second-order valence-electron chi connectivity index (χ2n) is 5.63. The summed E-state index contributed by atoms with van der Waals surface area (Å²) in [5.41, 5.74) is 0.477. The third-order valence-electron chi connectivity index (χ3n) is 2.48. The van der Waals surface area contributed by atoms with Crippen molar-refractivity contribution in [3.05, 3.63) is 35.6 Å². The molecule has 20 heavy (non-hydrogen) atoms. The second kappa shape index (κ2) is 7.53. The lowest BCUT2D eigenvalue weighted by molar-refractivity contribution is 0.0509. The molecule has 5 heteroatoms. The number of carbonyl (C=O) groups excluding carboxylic acids is 1. The van der Waals surface area contributed by atoms with Crippen LogP contribution in [0.1, 0.15) is 26.3 Å². The summed E-state index contributed by atoms with van der Waals surface area (Å²) in [6, 6.07) is 6.29. The Labute approximate surface area is 124 Å². The minimum absolute atomic E-state index is 0.0367. The third-order valence-corrected chi connectivity index (χ3v) is 3.22. The molecule has 112 valence electrons. The van der Waals surface area contributed by atoms with Gasteiger partial charge in [-0.3, -0.25) is 0 Å². The van der Waals surface area contributed by atoms with Gasteiger partial charge in [-0.1, -0.05) is 12.1 Å². The summed E-state index contributed by atoms with van der Waals surface area (Å²) in [4.78, 5) is 11.8. The molecule has 1 aromatic carbocycles. The van der Waals surface area contributed by atoms with E-state index in [0.29, 0.717) is 6.42 Å². The van der Waals surface area contributed by atoms with Gasteiger partial charge in [0.2, 0.25) is 0 Å². The van der Waals surface area contributed by atoms with Gasteiger partial charge in [-0.25, -0.2) is 9.18 Å². The molecule has 1 N–H and O–H groups in total. The van der Waals surface area contributed by atoms with Crippen molar-refractivity contribution in [3.8, 4) is 0 Å². The molecule has 1 amide bonds. The van der Waals surface area contributed by atoms with Gasteiger partial charge in [-0.2, -0.15) is 11.8 Å². The van der Waals surface area contributed by atoms with Crippen LogP contribution in [0.15, 0.2) is 24.3 Å². The monoisotopic (exact) mass is 299 g/mol. The molecule has 0 unspecified atom stereocenters. The predicted octanol–water partition coefficient (Wildman–Crippen LogP) is 3.62. The van der Waals surface area contributed by atoms with Crippen LogP contribution in [0.4, 0.5) is 9.18 Å². The van der Waals surface area contributed by atoms with E-state index >= 15 is 0 Å². The minimum Gasteiger partial charge on any atom is -0.444 e. The zero-order valence-corrected chi connectivity index (χ0v) is 13.2. The summed E-state index contributed by atoms with van der Waals surface area (Å²) in [7, 11) is 0. The van der Waals surface area contributed by atoms with E-state index in [-0.39, 0.29) is 11.9 Å². The van der Waals surface area contributed by atoms with Crippen LogP contribution in [0.5, 0.6) is 0 Å². The van der Waals surface area contributed by atoms with Crippen LogP contribution in [0.3, 0.4) is 0 Å². The molecule has 1 atom stereocenters. The van der Waals surface area contributed by atoms with E-state index in [9.17, 15) is 9.18 Å². The minimum atomic E-state index is -0.510. The molecule has 0 saturated carbocycles. The quantitative estimate of drug-likeness (QED) is 0.902. The number of carbonyl (C=O) groups is 1. The molecule has 0 saturated heterocycles. The van der Waals surface area contributed by atoms with Gasteiger partial charge in [-0.15, -0.1) is 0 Å². The Morgan fingerprint density at radius 1 is 1.35 bits per heavy atom. The number of benzene rings is 1. The summed E-state index contributed by atoms with van der Waals surface area (Å²) in [5, 5.41) is 2.86. The lowest BCUT2D eigenvalue weighted by atomic mass is 10.1. The number of nitrogens with one attached hydrogen (secondary N) is 1. The van der Waals surface area contributed by atoms with Crippen LogP contribution in [0.25, 0.3) is 0 Å². The predicted molar refractivity (Wildman–Crippen MR) is 81.6 cm³/mol. The van der Waals surface area contributed by atoms with Crippen LogP contribution >= 0.6 is 11.8 Å². The van der Waals surface area contributed by atoms with Gasteiger partial charge in [0.15, 0.2) is 0 Å². The van der Waals surface area contributed by atoms with Crippen molar-refractivity contribution in [2.75, 3.05) is 12.0 Å². The first kappa shape index (κ1) is 16.8. The van der Waals surface area contributed by atoms with Gasteiger partial charge < -0.3 is 10.1 Å². The first-order valence-corrected chi connectivity index (χ1v) is 7.92. The second-order valence-corrected chi connectivity index (χ2v) is 6.54. The van der Waals surface area contributed by atoms with Crippen LogP contribution in [0.2, 0.25) is 0 Å². The maximum Gasteiger partial charge on any atom is 0.407 e. The van der Waals surface area contributed by atoms with Crippen molar-refractivity contribution in [2.24, 2.45) is 0 Å². The Morgan fingerprint density at radius 2 is 1.95 bits per heavy atom. The highest BCUT2D eigenvalue weighted by Gasteiger charge is 2.19. The molecule has 3 nitrogen and oxygen atoms in total. The van der Waals surface area contributed by atoms with Crippen LogP contribution in [-0.4, -0.2) is 29.7 Å². The largest absolute Gasteiger partial charge is 0.444 e. The number of halogens is 1. The van der Waals surface area contributed by atoms with Gasteiger partial charge >= 0.3 is 6.09 Å². The van der Waals surface area contributed by atoms with E-state index in [1.165, 1.54) is 12.1 Å². The Hall–Kier alpha value is -1.23. The molecule has 0 aliphatic carbocycles. The fraction of sp³-hybridized carbons (Fsp3) is 0.533. The molecule has 0 aromatic heterocycles. The van der Waals surface area contributed by atoms with Gasteiger partial charge in [0.1, 0.15) is 11.4 Å². The molecule has 0 fully saturated rings. The maximum absolute atomic E-state index is 12.9. The molecule has 0 bridgehead atoms. The van der Waals surface area contributed by atoms with Gasteiger partial charge in [-0.05, 0) is 51.1 Å². The van der Waals surface area contributed by atoms with E-state index in [4.69, 9.17) is 4.74 Å². The highest BCUT2D eigenvalue weighted by molar-refractivity contribution is 7.98. The smallest absolute Gasteiger partial charge is 0.407 e. The standard InChI is InChI=1S/C15H22FNO2S/c1-15(2,3)19-14(18)17-13(10-20-4)9-11-5-7-12(16)8-6-11/h5-8,13H,9-10H2,1-4H3,(H,17,18)/t13-/m0/s1. The number of amides is 1. The van der Waals surface area contributed by atoms with Gasteiger partial charge in [0.25, 0.3) is 0 Å². The molecular weight excluding hydrogens is 277 g/mol. The molecule has 0 spiro atoms. The molecule has 0 heterocycles. The summed E-state index contributed by atoms with van der Waals surface area (Å²) < 4.78 is 18.1. The van der Waals surface area contributed by atoms with Gasteiger partial charge in [0, 0.05) is 11.8 Å². The molecule has 1 rings (SSSR count). The van der Waals surface area contributed by atoms with E-state index in [0.717, 1.165) is 11.3 Å². The molecule has 1 aromatic rings. The average Bonchev–Trinajstić information content (AvgIpc) is 2.30. The molecule has 0 aliphatic heterocycles. The summed E-state index contributed by atoms with van der Waals surface area (Å²) in [6.07, 6.45) is 2.22.